The fraction of sp³-hybridized carbons (Fsp3) is 0.182. The van der Waals surface area contributed by atoms with Gasteiger partial charge >= 0.3 is 0 Å². The van der Waals surface area contributed by atoms with Crippen molar-refractivity contribution in [2.24, 2.45) is 0 Å². The molecule has 5 nitrogen and oxygen atoms in total. The van der Waals surface area contributed by atoms with E-state index in [0.717, 1.165) is 16.7 Å². The Bertz CT molecular complexity index is 1130. The van der Waals surface area contributed by atoms with Gasteiger partial charge in [0.05, 0.1) is 18.3 Å². The molecule has 1 atom stereocenters. The molecule has 28 heavy (non-hydrogen) atoms. The van der Waals surface area contributed by atoms with Crippen molar-refractivity contribution in [1.29, 1.82) is 0 Å². The second kappa shape index (κ2) is 7.96. The van der Waals surface area contributed by atoms with Crippen LogP contribution < -0.4 is 10.3 Å². The molecular weight excluding hydrogens is 372 g/mol. The lowest BCUT2D eigenvalue weighted by atomic mass is 10.1. The summed E-state index contributed by atoms with van der Waals surface area (Å²) in [5, 5.41) is 12.9. The van der Waals surface area contributed by atoms with Crippen LogP contribution in [0.5, 0.6) is 5.75 Å². The summed E-state index contributed by atoms with van der Waals surface area (Å²) in [6.45, 7) is 2.22. The first-order valence-electron chi connectivity index (χ1n) is 9.01. The topological polar surface area (TPSA) is 64.3 Å². The Labute approximate surface area is 166 Å². The van der Waals surface area contributed by atoms with Crippen molar-refractivity contribution in [3.05, 3.63) is 82.2 Å². The zero-order valence-corrected chi connectivity index (χ0v) is 16.2. The number of hydrogen-bond acceptors (Lipinski definition) is 5. The van der Waals surface area contributed by atoms with Crippen LogP contribution in [-0.2, 0) is 6.54 Å². The number of ether oxygens (including phenoxy) is 1. The summed E-state index contributed by atoms with van der Waals surface area (Å²) in [6.07, 6.45) is 0.669. The van der Waals surface area contributed by atoms with E-state index in [1.807, 2.05) is 66.9 Å². The standard InChI is InChI=1S/C22H20N2O3S/c1-15-7-9-18(10-8-15)27-12-17(25)11-24-14-23-21-20(22(24)26)19(13-28-21)16-5-3-2-4-6-16/h2-10,13-14,17,25H,11-12H2,1H3. The highest BCUT2D eigenvalue weighted by Crippen LogP contribution is 2.30. The summed E-state index contributed by atoms with van der Waals surface area (Å²) in [7, 11) is 0. The molecule has 0 spiro atoms. The van der Waals surface area contributed by atoms with Crippen molar-refractivity contribution in [1.82, 2.24) is 9.55 Å². The van der Waals surface area contributed by atoms with E-state index < -0.39 is 6.10 Å². The predicted molar refractivity (Wildman–Crippen MR) is 112 cm³/mol. The first-order valence-corrected chi connectivity index (χ1v) is 9.89. The van der Waals surface area contributed by atoms with Crippen molar-refractivity contribution in [3.63, 3.8) is 0 Å². The molecular formula is C22H20N2O3S. The van der Waals surface area contributed by atoms with Crippen molar-refractivity contribution >= 4 is 21.6 Å². The predicted octanol–water partition coefficient (Wildman–Crippen LogP) is 3.87. The molecule has 0 amide bonds. The summed E-state index contributed by atoms with van der Waals surface area (Å²) < 4.78 is 7.07. The average Bonchev–Trinajstić information content (AvgIpc) is 3.15. The molecule has 0 fully saturated rings. The van der Waals surface area contributed by atoms with Gasteiger partial charge in [-0.2, -0.15) is 0 Å². The average molecular weight is 392 g/mol. The SMILES string of the molecule is Cc1ccc(OCC(O)Cn2cnc3scc(-c4ccccc4)c3c2=O)cc1. The highest BCUT2D eigenvalue weighted by molar-refractivity contribution is 7.17. The van der Waals surface area contributed by atoms with Crippen LogP contribution in [0.15, 0.2) is 71.1 Å². The van der Waals surface area contributed by atoms with Gasteiger partial charge in [0.25, 0.3) is 5.56 Å². The van der Waals surface area contributed by atoms with Crippen LogP contribution in [0, 0.1) is 6.92 Å². The van der Waals surface area contributed by atoms with Crippen molar-refractivity contribution in [2.75, 3.05) is 6.61 Å². The summed E-state index contributed by atoms with van der Waals surface area (Å²) in [4.78, 5) is 18.1. The number of benzene rings is 2. The Balaban J connectivity index is 1.54. The van der Waals surface area contributed by atoms with Crippen LogP contribution in [0.3, 0.4) is 0 Å². The molecule has 0 saturated heterocycles. The molecule has 0 aliphatic carbocycles. The van der Waals surface area contributed by atoms with Crippen LogP contribution >= 0.6 is 11.3 Å². The van der Waals surface area contributed by atoms with E-state index in [1.165, 1.54) is 22.2 Å². The summed E-state index contributed by atoms with van der Waals surface area (Å²) in [5.41, 5.74) is 2.84. The zero-order chi connectivity index (χ0) is 19.5. The maximum Gasteiger partial charge on any atom is 0.262 e. The van der Waals surface area contributed by atoms with Crippen LogP contribution in [0.25, 0.3) is 21.3 Å². The minimum Gasteiger partial charge on any atom is -0.491 e. The Morgan fingerprint density at radius 1 is 1.14 bits per heavy atom. The highest BCUT2D eigenvalue weighted by Gasteiger charge is 2.15. The lowest BCUT2D eigenvalue weighted by molar-refractivity contribution is 0.0915. The van der Waals surface area contributed by atoms with E-state index >= 15 is 0 Å². The van der Waals surface area contributed by atoms with Gasteiger partial charge in [-0.1, -0.05) is 48.0 Å². The Morgan fingerprint density at radius 2 is 1.89 bits per heavy atom. The third kappa shape index (κ3) is 3.83. The first kappa shape index (κ1) is 18.4. The number of fused-ring (bicyclic) bond motifs is 1. The van der Waals surface area contributed by atoms with E-state index in [1.54, 1.807) is 0 Å². The van der Waals surface area contributed by atoms with Crippen LogP contribution in [0.2, 0.25) is 0 Å². The number of aliphatic hydroxyl groups excluding tert-OH is 1. The largest absolute Gasteiger partial charge is 0.491 e. The molecule has 142 valence electrons. The van der Waals surface area contributed by atoms with Gasteiger partial charge in [0, 0.05) is 10.9 Å². The molecule has 0 aliphatic heterocycles. The fourth-order valence-electron chi connectivity index (χ4n) is 3.03. The number of nitrogens with zero attached hydrogens (tertiary/aromatic N) is 2. The molecule has 1 unspecified atom stereocenters. The van der Waals surface area contributed by atoms with E-state index in [9.17, 15) is 9.90 Å². The van der Waals surface area contributed by atoms with Gasteiger partial charge in [-0.05, 0) is 24.6 Å². The minimum atomic E-state index is -0.822. The zero-order valence-electron chi connectivity index (χ0n) is 15.4. The van der Waals surface area contributed by atoms with E-state index in [2.05, 4.69) is 4.98 Å². The highest BCUT2D eigenvalue weighted by atomic mass is 32.1. The lowest BCUT2D eigenvalue weighted by Crippen LogP contribution is -2.30. The monoisotopic (exact) mass is 392 g/mol. The minimum absolute atomic E-state index is 0.0999. The summed E-state index contributed by atoms with van der Waals surface area (Å²) in [5.74, 6) is 0.690. The van der Waals surface area contributed by atoms with Gasteiger partial charge in [0.1, 0.15) is 23.3 Å². The quantitative estimate of drug-likeness (QED) is 0.541. The number of hydrogen-bond donors (Lipinski definition) is 1. The molecule has 1 N–H and O–H groups in total. The van der Waals surface area contributed by atoms with Crippen LogP contribution in [0.4, 0.5) is 0 Å². The maximum atomic E-state index is 13.0. The molecule has 2 aromatic heterocycles. The number of thiophene rings is 1. The normalized spacial score (nSPS) is 12.2. The summed E-state index contributed by atoms with van der Waals surface area (Å²) >= 11 is 1.45. The third-order valence-corrected chi connectivity index (χ3v) is 5.40. The molecule has 0 saturated carbocycles. The van der Waals surface area contributed by atoms with Crippen molar-refractivity contribution in [2.45, 2.75) is 19.6 Å². The third-order valence-electron chi connectivity index (χ3n) is 4.52. The lowest BCUT2D eigenvalue weighted by Gasteiger charge is -2.14. The molecule has 0 aliphatic rings. The number of aromatic nitrogens is 2. The molecule has 4 aromatic rings. The Morgan fingerprint density at radius 3 is 2.64 bits per heavy atom. The van der Waals surface area contributed by atoms with Crippen LogP contribution in [-0.4, -0.2) is 27.4 Å². The first-order chi connectivity index (χ1) is 13.6. The van der Waals surface area contributed by atoms with Crippen molar-refractivity contribution < 1.29 is 9.84 Å². The Kier molecular flexibility index (Phi) is 5.23. The fourth-order valence-corrected chi connectivity index (χ4v) is 3.94. The van der Waals surface area contributed by atoms with Crippen molar-refractivity contribution in [3.8, 4) is 16.9 Å². The number of rotatable bonds is 6. The second-order valence-electron chi connectivity index (χ2n) is 6.68. The second-order valence-corrected chi connectivity index (χ2v) is 7.53. The van der Waals surface area contributed by atoms with Gasteiger partial charge in [-0.3, -0.25) is 9.36 Å². The van der Waals surface area contributed by atoms with Gasteiger partial charge in [0.2, 0.25) is 0 Å². The molecule has 2 heterocycles. The molecule has 2 aromatic carbocycles. The molecule has 0 radical (unpaired) electrons. The smallest absolute Gasteiger partial charge is 0.262 e. The number of aryl methyl sites for hydroxylation is 1. The molecule has 6 heteroatoms. The van der Waals surface area contributed by atoms with E-state index in [0.29, 0.717) is 16.0 Å². The maximum absolute atomic E-state index is 13.0. The Hall–Kier alpha value is -2.96. The van der Waals surface area contributed by atoms with Gasteiger partial charge in [-0.15, -0.1) is 11.3 Å². The summed E-state index contributed by atoms with van der Waals surface area (Å²) in [6, 6.07) is 17.4. The number of aliphatic hydroxyl groups is 1. The van der Waals surface area contributed by atoms with Gasteiger partial charge in [0.15, 0.2) is 0 Å². The van der Waals surface area contributed by atoms with E-state index in [-0.39, 0.29) is 18.7 Å². The molecule has 4 rings (SSSR count). The van der Waals surface area contributed by atoms with Gasteiger partial charge in [-0.25, -0.2) is 4.98 Å². The van der Waals surface area contributed by atoms with Crippen LogP contribution in [0.1, 0.15) is 5.56 Å². The van der Waals surface area contributed by atoms with Gasteiger partial charge < -0.3 is 9.84 Å². The van der Waals surface area contributed by atoms with E-state index in [4.69, 9.17) is 4.74 Å². The molecule has 0 bridgehead atoms.